The molecule has 1 aliphatic heterocycles. The maximum Gasteiger partial charge on any atom is 0.138 e. The van der Waals surface area contributed by atoms with Crippen molar-refractivity contribution < 1.29 is 0 Å². The Morgan fingerprint density at radius 1 is 1.22 bits per heavy atom. The predicted molar refractivity (Wildman–Crippen MR) is 96.5 cm³/mol. The van der Waals surface area contributed by atoms with Crippen LogP contribution in [0.25, 0.3) is 0 Å². The molecular weight excluding hydrogens is 284 g/mol. The van der Waals surface area contributed by atoms with Crippen LogP contribution in [-0.2, 0) is 0 Å². The van der Waals surface area contributed by atoms with Crippen LogP contribution in [0.2, 0.25) is 0 Å². The lowest BCUT2D eigenvalue weighted by Gasteiger charge is -2.32. The highest BCUT2D eigenvalue weighted by atomic mass is 15.2. The van der Waals surface area contributed by atoms with Gasteiger partial charge in [0.25, 0.3) is 0 Å². The normalized spacial score (nSPS) is 18.0. The number of hydrogen-bond acceptors (Lipinski definition) is 4. The number of nitrogens with zero attached hydrogens (tertiary/aromatic N) is 4. The molecule has 4 nitrogen and oxygen atoms in total. The molecule has 0 amide bonds. The average molecular weight is 310 g/mol. The molecule has 1 aromatic carbocycles. The van der Waals surface area contributed by atoms with E-state index in [1.165, 1.54) is 18.5 Å². The van der Waals surface area contributed by atoms with Gasteiger partial charge in [-0.3, -0.25) is 0 Å². The summed E-state index contributed by atoms with van der Waals surface area (Å²) in [5.74, 6) is 3.62. The van der Waals surface area contributed by atoms with E-state index < -0.39 is 0 Å². The highest BCUT2D eigenvalue weighted by Gasteiger charge is 2.19. The smallest absolute Gasteiger partial charge is 0.138 e. The first-order valence-electron chi connectivity index (χ1n) is 8.60. The first-order chi connectivity index (χ1) is 11.2. The van der Waals surface area contributed by atoms with Gasteiger partial charge in [0.05, 0.1) is 0 Å². The second-order valence-electron chi connectivity index (χ2n) is 6.40. The van der Waals surface area contributed by atoms with Gasteiger partial charge >= 0.3 is 0 Å². The number of aryl methyl sites for hydroxylation is 1. The summed E-state index contributed by atoms with van der Waals surface area (Å²) in [6.07, 6.45) is 2.56. The van der Waals surface area contributed by atoms with Gasteiger partial charge in [-0.05, 0) is 44.7 Å². The van der Waals surface area contributed by atoms with Gasteiger partial charge in [-0.15, -0.1) is 0 Å². The molecule has 0 radical (unpaired) electrons. The molecule has 0 spiro atoms. The van der Waals surface area contributed by atoms with Crippen LogP contribution in [0, 0.1) is 12.8 Å². The SMILES string of the molecule is CCN(c1ccccc1)c1cc(N2CCCC(C)C2)nc(C)n1. The Morgan fingerprint density at radius 2 is 2.00 bits per heavy atom. The van der Waals surface area contributed by atoms with Gasteiger partial charge in [0.15, 0.2) is 0 Å². The Morgan fingerprint density at radius 3 is 2.70 bits per heavy atom. The van der Waals surface area contributed by atoms with Gasteiger partial charge in [0.1, 0.15) is 17.5 Å². The molecule has 122 valence electrons. The van der Waals surface area contributed by atoms with Crippen molar-refractivity contribution in [2.24, 2.45) is 5.92 Å². The third-order valence-electron chi connectivity index (χ3n) is 4.45. The van der Waals surface area contributed by atoms with E-state index in [0.29, 0.717) is 0 Å². The van der Waals surface area contributed by atoms with Crippen molar-refractivity contribution in [1.29, 1.82) is 0 Å². The summed E-state index contributed by atoms with van der Waals surface area (Å²) in [5, 5.41) is 0. The molecule has 0 N–H and O–H groups in total. The van der Waals surface area contributed by atoms with Gasteiger partial charge in [-0.2, -0.15) is 0 Å². The molecule has 0 saturated carbocycles. The van der Waals surface area contributed by atoms with Crippen molar-refractivity contribution >= 4 is 17.3 Å². The van der Waals surface area contributed by atoms with Crippen LogP contribution in [0.4, 0.5) is 17.3 Å². The van der Waals surface area contributed by atoms with Gasteiger partial charge in [-0.25, -0.2) is 9.97 Å². The van der Waals surface area contributed by atoms with E-state index in [-0.39, 0.29) is 0 Å². The van der Waals surface area contributed by atoms with E-state index in [0.717, 1.165) is 43.0 Å². The van der Waals surface area contributed by atoms with Gasteiger partial charge in [0.2, 0.25) is 0 Å². The van der Waals surface area contributed by atoms with Crippen LogP contribution in [0.15, 0.2) is 36.4 Å². The van der Waals surface area contributed by atoms with Crippen molar-refractivity contribution in [2.75, 3.05) is 29.4 Å². The third kappa shape index (κ3) is 3.63. The third-order valence-corrected chi connectivity index (χ3v) is 4.45. The minimum absolute atomic E-state index is 0.735. The van der Waals surface area contributed by atoms with Crippen LogP contribution in [-0.4, -0.2) is 29.6 Å². The number of benzene rings is 1. The van der Waals surface area contributed by atoms with E-state index in [1.807, 2.05) is 13.0 Å². The second-order valence-corrected chi connectivity index (χ2v) is 6.40. The maximum atomic E-state index is 4.69. The van der Waals surface area contributed by atoms with Crippen molar-refractivity contribution in [3.63, 3.8) is 0 Å². The topological polar surface area (TPSA) is 32.3 Å². The van der Waals surface area contributed by atoms with Crippen molar-refractivity contribution in [3.8, 4) is 0 Å². The first kappa shape index (κ1) is 15.8. The molecule has 1 unspecified atom stereocenters. The molecule has 23 heavy (non-hydrogen) atoms. The summed E-state index contributed by atoms with van der Waals surface area (Å²) in [6, 6.07) is 12.6. The van der Waals surface area contributed by atoms with E-state index in [9.17, 15) is 0 Å². The van der Waals surface area contributed by atoms with Crippen LogP contribution in [0.3, 0.4) is 0 Å². The Hall–Kier alpha value is -2.10. The summed E-state index contributed by atoms with van der Waals surface area (Å²) in [6.45, 7) is 9.54. The van der Waals surface area contributed by atoms with Gasteiger partial charge in [-0.1, -0.05) is 25.1 Å². The molecule has 0 aliphatic carbocycles. The number of anilines is 3. The summed E-state index contributed by atoms with van der Waals surface area (Å²) < 4.78 is 0. The lowest BCUT2D eigenvalue weighted by Crippen LogP contribution is -2.35. The molecule has 3 rings (SSSR count). The second kappa shape index (κ2) is 6.99. The van der Waals surface area contributed by atoms with E-state index in [4.69, 9.17) is 4.98 Å². The predicted octanol–water partition coefficient (Wildman–Crippen LogP) is 4.18. The summed E-state index contributed by atoms with van der Waals surface area (Å²) >= 11 is 0. The highest BCUT2D eigenvalue weighted by Crippen LogP contribution is 2.28. The van der Waals surface area contributed by atoms with E-state index >= 15 is 0 Å². The van der Waals surface area contributed by atoms with Gasteiger partial charge in [0, 0.05) is 31.4 Å². The fourth-order valence-corrected chi connectivity index (χ4v) is 3.32. The van der Waals surface area contributed by atoms with E-state index in [2.05, 4.69) is 59.0 Å². The zero-order valence-electron chi connectivity index (χ0n) is 14.4. The number of rotatable bonds is 4. The monoisotopic (exact) mass is 310 g/mol. The van der Waals surface area contributed by atoms with Crippen LogP contribution in [0.5, 0.6) is 0 Å². The maximum absolute atomic E-state index is 4.69. The number of hydrogen-bond donors (Lipinski definition) is 0. The molecule has 1 aromatic heterocycles. The first-order valence-corrected chi connectivity index (χ1v) is 8.60. The van der Waals surface area contributed by atoms with Crippen molar-refractivity contribution in [1.82, 2.24) is 9.97 Å². The molecule has 4 heteroatoms. The van der Waals surface area contributed by atoms with Crippen LogP contribution < -0.4 is 9.80 Å². The fourth-order valence-electron chi connectivity index (χ4n) is 3.32. The molecule has 1 saturated heterocycles. The Bertz CT molecular complexity index is 641. The Kier molecular flexibility index (Phi) is 4.79. The van der Waals surface area contributed by atoms with Gasteiger partial charge < -0.3 is 9.80 Å². The molecule has 0 bridgehead atoms. The minimum Gasteiger partial charge on any atom is -0.356 e. The average Bonchev–Trinajstić information content (AvgIpc) is 2.56. The Labute approximate surface area is 139 Å². The van der Waals surface area contributed by atoms with Crippen LogP contribution in [0.1, 0.15) is 32.5 Å². The quantitative estimate of drug-likeness (QED) is 0.848. The standard InChI is InChI=1S/C19H26N4/c1-4-23(17-10-6-5-7-11-17)19-13-18(20-16(3)21-19)22-12-8-9-15(2)14-22/h5-7,10-11,13,15H,4,8-9,12,14H2,1-3H3. The molecule has 1 fully saturated rings. The van der Waals surface area contributed by atoms with E-state index in [1.54, 1.807) is 0 Å². The summed E-state index contributed by atoms with van der Waals surface area (Å²) in [7, 11) is 0. The van der Waals surface area contributed by atoms with Crippen molar-refractivity contribution in [3.05, 3.63) is 42.2 Å². The molecule has 1 aliphatic rings. The summed E-state index contributed by atoms with van der Waals surface area (Å²) in [4.78, 5) is 14.0. The zero-order chi connectivity index (χ0) is 16.2. The lowest BCUT2D eigenvalue weighted by atomic mass is 10.0. The molecule has 2 heterocycles. The highest BCUT2D eigenvalue weighted by molar-refractivity contribution is 5.62. The molecular formula is C19H26N4. The molecule has 2 aromatic rings. The Balaban J connectivity index is 1.93. The number of aromatic nitrogens is 2. The van der Waals surface area contributed by atoms with Crippen LogP contribution >= 0.6 is 0 Å². The minimum atomic E-state index is 0.735. The number of para-hydroxylation sites is 1. The van der Waals surface area contributed by atoms with Crippen molar-refractivity contribution in [2.45, 2.75) is 33.6 Å². The lowest BCUT2D eigenvalue weighted by molar-refractivity contribution is 0.444. The largest absolute Gasteiger partial charge is 0.356 e. The fraction of sp³-hybridized carbons (Fsp3) is 0.474. The molecule has 1 atom stereocenters. The number of piperidine rings is 1. The zero-order valence-corrected chi connectivity index (χ0v) is 14.4. The summed E-state index contributed by atoms with van der Waals surface area (Å²) in [5.41, 5.74) is 1.17.